The van der Waals surface area contributed by atoms with Crippen molar-refractivity contribution in [3.05, 3.63) is 59.7 Å². The van der Waals surface area contributed by atoms with Gasteiger partial charge >= 0.3 is 12.1 Å². The largest absolute Gasteiger partial charge is 0.480 e. The number of hydrogen-bond donors (Lipinski definition) is 2. The molecule has 0 fully saturated rings. The molecule has 5 nitrogen and oxygen atoms in total. The Bertz CT molecular complexity index is 815. The number of fused-ring (bicyclic) bond motifs is 3. The van der Waals surface area contributed by atoms with Crippen LogP contribution in [0.1, 0.15) is 44.2 Å². The highest BCUT2D eigenvalue weighted by Crippen LogP contribution is 2.44. The van der Waals surface area contributed by atoms with Crippen molar-refractivity contribution in [1.82, 2.24) is 5.32 Å². The summed E-state index contributed by atoms with van der Waals surface area (Å²) in [6.07, 6.45) is -0.380. The summed E-state index contributed by atoms with van der Waals surface area (Å²) < 4.78 is 5.45. The number of benzene rings is 2. The molecule has 0 aliphatic heterocycles. The molecule has 3 rings (SSSR count). The Kier molecular flexibility index (Phi) is 5.22. The predicted molar refractivity (Wildman–Crippen MR) is 104 cm³/mol. The molecule has 1 aliphatic carbocycles. The lowest BCUT2D eigenvalue weighted by molar-refractivity contribution is -0.144. The average molecular weight is 367 g/mol. The Labute approximate surface area is 159 Å². The molecule has 1 amide bonds. The maximum absolute atomic E-state index is 12.3. The first-order valence-corrected chi connectivity index (χ1v) is 9.18. The highest BCUT2D eigenvalue weighted by atomic mass is 16.5. The van der Waals surface area contributed by atoms with Gasteiger partial charge in [-0.2, -0.15) is 0 Å². The molecule has 1 atom stereocenters. The number of alkyl carbamates (subject to hydrolysis) is 1. The number of amides is 1. The number of aliphatic carboxylic acids is 1. The summed E-state index contributed by atoms with van der Waals surface area (Å²) in [7, 11) is 0. The minimum atomic E-state index is -1.35. The SMILES string of the molecule is CC(C)C[C@@](C)(NC(=O)OCC1c2ccccc2-c2ccccc21)C(=O)O. The van der Waals surface area contributed by atoms with Gasteiger partial charge in [-0.15, -0.1) is 0 Å². The zero-order valence-corrected chi connectivity index (χ0v) is 15.9. The summed E-state index contributed by atoms with van der Waals surface area (Å²) in [6, 6.07) is 16.2. The Balaban J connectivity index is 1.73. The van der Waals surface area contributed by atoms with E-state index in [9.17, 15) is 14.7 Å². The smallest absolute Gasteiger partial charge is 0.408 e. The lowest BCUT2D eigenvalue weighted by Gasteiger charge is -2.27. The fourth-order valence-electron chi connectivity index (χ4n) is 3.87. The van der Waals surface area contributed by atoms with Crippen molar-refractivity contribution in [2.45, 2.75) is 38.6 Å². The number of hydrogen-bond acceptors (Lipinski definition) is 3. The molecule has 0 bridgehead atoms. The molecule has 2 aromatic carbocycles. The predicted octanol–water partition coefficient (Wildman–Crippen LogP) is 4.41. The van der Waals surface area contributed by atoms with Crippen molar-refractivity contribution < 1.29 is 19.4 Å². The molecule has 142 valence electrons. The molecule has 0 saturated heterocycles. The number of carbonyl (C=O) groups excluding carboxylic acids is 1. The highest BCUT2D eigenvalue weighted by molar-refractivity contribution is 5.84. The van der Waals surface area contributed by atoms with Gasteiger partial charge in [0, 0.05) is 5.92 Å². The minimum absolute atomic E-state index is 0.0515. The molecule has 27 heavy (non-hydrogen) atoms. The molecule has 2 N–H and O–H groups in total. The molecule has 0 aromatic heterocycles. The van der Waals surface area contributed by atoms with Crippen molar-refractivity contribution in [3.63, 3.8) is 0 Å². The van der Waals surface area contributed by atoms with Gasteiger partial charge in [-0.1, -0.05) is 62.4 Å². The fraction of sp³-hybridized carbons (Fsp3) is 0.364. The molecular weight excluding hydrogens is 342 g/mol. The van der Waals surface area contributed by atoms with Crippen LogP contribution in [-0.4, -0.2) is 29.3 Å². The van der Waals surface area contributed by atoms with Crippen molar-refractivity contribution in [2.75, 3.05) is 6.61 Å². The lowest BCUT2D eigenvalue weighted by Crippen LogP contribution is -2.53. The normalized spacial score (nSPS) is 15.0. The third kappa shape index (κ3) is 3.82. The van der Waals surface area contributed by atoms with Crippen molar-refractivity contribution in [1.29, 1.82) is 0 Å². The lowest BCUT2D eigenvalue weighted by atomic mass is 9.91. The number of ether oxygens (including phenoxy) is 1. The first kappa shape index (κ1) is 19.0. The van der Waals surface area contributed by atoms with Crippen molar-refractivity contribution in [2.24, 2.45) is 5.92 Å². The Morgan fingerprint density at radius 2 is 1.59 bits per heavy atom. The first-order chi connectivity index (χ1) is 12.8. The Morgan fingerprint density at radius 3 is 2.07 bits per heavy atom. The number of rotatable bonds is 6. The topological polar surface area (TPSA) is 75.6 Å². The second kappa shape index (κ2) is 7.43. The average Bonchev–Trinajstić information content (AvgIpc) is 2.93. The second-order valence-electron chi connectivity index (χ2n) is 7.69. The van der Waals surface area contributed by atoms with Gasteiger partial charge < -0.3 is 15.2 Å². The number of carbonyl (C=O) groups is 2. The quantitative estimate of drug-likeness (QED) is 0.793. The van der Waals surface area contributed by atoms with E-state index in [4.69, 9.17) is 4.74 Å². The summed E-state index contributed by atoms with van der Waals surface area (Å²) in [5.74, 6) is -0.992. The maximum Gasteiger partial charge on any atom is 0.408 e. The molecule has 5 heteroatoms. The van der Waals surface area contributed by atoms with E-state index < -0.39 is 17.6 Å². The number of carboxylic acids is 1. The summed E-state index contributed by atoms with van der Waals surface area (Å²) in [4.78, 5) is 23.9. The number of carboxylic acid groups (broad SMARTS) is 1. The molecule has 0 spiro atoms. The van der Waals surface area contributed by atoms with Crippen LogP contribution in [0.2, 0.25) is 0 Å². The third-order valence-corrected chi connectivity index (χ3v) is 5.01. The second-order valence-corrected chi connectivity index (χ2v) is 7.69. The summed E-state index contributed by atoms with van der Waals surface area (Å²) >= 11 is 0. The zero-order chi connectivity index (χ0) is 19.6. The summed E-state index contributed by atoms with van der Waals surface area (Å²) in [5.41, 5.74) is 3.19. The third-order valence-electron chi connectivity index (χ3n) is 5.01. The highest BCUT2D eigenvalue weighted by Gasteiger charge is 2.36. The standard InChI is InChI=1S/C22H25NO4/c1-14(2)12-22(3,20(24)25)23-21(26)27-13-19-17-10-6-4-8-15(17)16-9-5-7-11-18(16)19/h4-11,14,19H,12-13H2,1-3H3,(H,23,26)(H,24,25)/t22-/m1/s1. The maximum atomic E-state index is 12.3. The molecule has 0 unspecified atom stereocenters. The van der Waals surface area contributed by atoms with Crippen LogP contribution < -0.4 is 5.32 Å². The molecule has 0 saturated carbocycles. The van der Waals surface area contributed by atoms with Crippen molar-refractivity contribution in [3.8, 4) is 11.1 Å². The number of nitrogens with one attached hydrogen (secondary N) is 1. The van der Waals surface area contributed by atoms with Gasteiger partial charge in [-0.25, -0.2) is 9.59 Å². The van der Waals surface area contributed by atoms with Crippen LogP contribution in [0.5, 0.6) is 0 Å². The van der Waals surface area contributed by atoms with Gasteiger partial charge in [0.25, 0.3) is 0 Å². The van der Waals surface area contributed by atoms with Gasteiger partial charge in [0.2, 0.25) is 0 Å². The van der Waals surface area contributed by atoms with E-state index in [2.05, 4.69) is 17.4 Å². The molecule has 0 radical (unpaired) electrons. The van der Waals surface area contributed by atoms with Crippen LogP contribution in [0.4, 0.5) is 4.79 Å². The van der Waals surface area contributed by atoms with Gasteiger partial charge in [-0.05, 0) is 41.5 Å². The molecule has 0 heterocycles. The van der Waals surface area contributed by atoms with E-state index in [-0.39, 0.29) is 18.4 Å². The summed E-state index contributed by atoms with van der Waals surface area (Å²) in [5, 5.41) is 12.0. The monoisotopic (exact) mass is 367 g/mol. The molecule has 1 aliphatic rings. The van der Waals surface area contributed by atoms with Gasteiger partial charge in [0.1, 0.15) is 12.1 Å². The van der Waals surface area contributed by atoms with E-state index in [1.807, 2.05) is 50.2 Å². The van der Waals surface area contributed by atoms with Gasteiger partial charge in [-0.3, -0.25) is 0 Å². The molecular formula is C22H25NO4. The minimum Gasteiger partial charge on any atom is -0.480 e. The van der Waals surface area contributed by atoms with Gasteiger partial charge in [0.15, 0.2) is 0 Å². The molecule has 2 aromatic rings. The van der Waals surface area contributed by atoms with Crippen LogP contribution in [-0.2, 0) is 9.53 Å². The van der Waals surface area contributed by atoms with E-state index in [1.165, 1.54) is 6.92 Å². The van der Waals surface area contributed by atoms with E-state index in [0.717, 1.165) is 22.3 Å². The summed E-state index contributed by atoms with van der Waals surface area (Å²) in [6.45, 7) is 5.51. The van der Waals surface area contributed by atoms with Gasteiger partial charge in [0.05, 0.1) is 0 Å². The first-order valence-electron chi connectivity index (χ1n) is 9.18. The zero-order valence-electron chi connectivity index (χ0n) is 15.9. The van der Waals surface area contributed by atoms with Crippen LogP contribution in [0, 0.1) is 5.92 Å². The fourth-order valence-corrected chi connectivity index (χ4v) is 3.87. The van der Waals surface area contributed by atoms with E-state index in [0.29, 0.717) is 6.42 Å². The van der Waals surface area contributed by atoms with Crippen LogP contribution >= 0.6 is 0 Å². The van der Waals surface area contributed by atoms with Crippen LogP contribution in [0.3, 0.4) is 0 Å². The van der Waals surface area contributed by atoms with Crippen LogP contribution in [0.15, 0.2) is 48.5 Å². The van der Waals surface area contributed by atoms with Crippen LogP contribution in [0.25, 0.3) is 11.1 Å². The van der Waals surface area contributed by atoms with E-state index >= 15 is 0 Å². The van der Waals surface area contributed by atoms with Crippen molar-refractivity contribution >= 4 is 12.1 Å². The Hall–Kier alpha value is -2.82. The van der Waals surface area contributed by atoms with E-state index in [1.54, 1.807) is 0 Å². The Morgan fingerprint density at radius 1 is 1.07 bits per heavy atom.